The van der Waals surface area contributed by atoms with E-state index >= 15 is 0 Å². The first-order valence-electron chi connectivity index (χ1n) is 21.2. The molecule has 2 heterocycles. The van der Waals surface area contributed by atoms with Crippen molar-refractivity contribution in [2.75, 3.05) is 18.5 Å². The van der Waals surface area contributed by atoms with Crippen LogP contribution in [-0.2, 0) is 18.5 Å². The average molecular weight is 793 g/mol. The van der Waals surface area contributed by atoms with E-state index in [2.05, 4.69) is 156 Å². The Morgan fingerprint density at radius 2 is 1.28 bits per heavy atom. The highest BCUT2D eigenvalue weighted by Gasteiger charge is 2.42. The van der Waals surface area contributed by atoms with Crippen LogP contribution in [0.25, 0.3) is 33.5 Å². The third-order valence-corrected chi connectivity index (χ3v) is 11.5. The van der Waals surface area contributed by atoms with Crippen molar-refractivity contribution in [1.29, 1.82) is 0 Å². The lowest BCUT2D eigenvalue weighted by Gasteiger charge is -2.36. The summed E-state index contributed by atoms with van der Waals surface area (Å²) >= 11 is 0. The zero-order chi connectivity index (χ0) is 41.3. The van der Waals surface area contributed by atoms with Gasteiger partial charge in [0.2, 0.25) is 0 Å². The third kappa shape index (κ3) is 7.83. The van der Waals surface area contributed by atoms with Crippen molar-refractivity contribution in [3.05, 3.63) is 186 Å². The van der Waals surface area contributed by atoms with Gasteiger partial charge in [0.05, 0.1) is 11.0 Å². The van der Waals surface area contributed by atoms with Crippen molar-refractivity contribution in [3.63, 3.8) is 0 Å². The number of hydrogen-bond donors (Lipinski definition) is 1. The van der Waals surface area contributed by atoms with Crippen LogP contribution in [0.2, 0.25) is 0 Å². The summed E-state index contributed by atoms with van der Waals surface area (Å²) in [5.74, 6) is 1.72. The lowest BCUT2D eigenvalue weighted by atomic mass is 9.77. The monoisotopic (exact) mass is 792 g/mol. The maximum absolute atomic E-state index is 13.1. The number of anilines is 1. The Bertz CT molecular complexity index is 2540. The van der Waals surface area contributed by atoms with Crippen molar-refractivity contribution < 1.29 is 4.79 Å². The number of amides is 2. The van der Waals surface area contributed by atoms with Crippen LogP contribution >= 0.6 is 0 Å². The molecule has 9 nitrogen and oxygen atoms in total. The number of unbranched alkanes of at least 4 members (excludes halogenated alkanes) is 3. The van der Waals surface area contributed by atoms with E-state index in [9.17, 15) is 4.79 Å². The molecule has 9 heteroatoms. The van der Waals surface area contributed by atoms with E-state index in [0.717, 1.165) is 100 Å². The van der Waals surface area contributed by atoms with Crippen LogP contribution in [0.3, 0.4) is 0 Å². The fourth-order valence-electron chi connectivity index (χ4n) is 8.42. The minimum atomic E-state index is -0.866. The van der Waals surface area contributed by atoms with E-state index in [4.69, 9.17) is 15.3 Å². The van der Waals surface area contributed by atoms with Gasteiger partial charge in [-0.1, -0.05) is 173 Å². The van der Waals surface area contributed by atoms with Crippen molar-refractivity contribution >= 4 is 22.8 Å². The van der Waals surface area contributed by atoms with Crippen LogP contribution in [0.5, 0.6) is 0 Å². The van der Waals surface area contributed by atoms with Crippen LogP contribution in [0.1, 0.15) is 74.0 Å². The van der Waals surface area contributed by atoms with Crippen LogP contribution in [0.15, 0.2) is 158 Å². The number of carbonyl (C=O) groups excluding carboxylic acids is 1. The highest BCUT2D eigenvalue weighted by atomic mass is 16.2. The molecule has 60 heavy (non-hydrogen) atoms. The van der Waals surface area contributed by atoms with Crippen molar-refractivity contribution in [2.24, 2.45) is 0 Å². The van der Waals surface area contributed by atoms with E-state index in [1.54, 1.807) is 7.05 Å². The Hall–Kier alpha value is -6.87. The number of hydrogen-bond acceptors (Lipinski definition) is 5. The molecule has 0 spiro atoms. The van der Waals surface area contributed by atoms with Crippen molar-refractivity contribution in [2.45, 2.75) is 64.5 Å². The topological polar surface area (TPSA) is 93.8 Å². The predicted octanol–water partition coefficient (Wildman–Crippen LogP) is 10.9. The molecule has 8 rings (SSSR count). The number of carbonyl (C=O) groups is 1. The summed E-state index contributed by atoms with van der Waals surface area (Å²) in [5, 5.41) is 16.8. The van der Waals surface area contributed by atoms with Crippen molar-refractivity contribution in [1.82, 2.24) is 35.1 Å². The van der Waals surface area contributed by atoms with Crippen LogP contribution in [0, 0.1) is 0 Å². The Kier molecular flexibility index (Phi) is 12.2. The highest BCUT2D eigenvalue weighted by molar-refractivity contribution is 5.94. The molecule has 0 aliphatic heterocycles. The number of imidazole rings is 1. The van der Waals surface area contributed by atoms with Gasteiger partial charge in [0.25, 0.3) is 0 Å². The zero-order valence-corrected chi connectivity index (χ0v) is 34.7. The number of rotatable bonds is 16. The van der Waals surface area contributed by atoms with Gasteiger partial charge in [-0.25, -0.2) is 14.5 Å². The SMILES string of the molecule is CCCCCN(C(=O)NC)c1ccc2nc(CCCC)n(Cc3ccc(-c4ccccc4-c4nnnn4C(c4ccccc4)(c4ccccc4)c4ccccc4)cc3)c2c1. The second-order valence-electron chi connectivity index (χ2n) is 15.3. The highest BCUT2D eigenvalue weighted by Crippen LogP contribution is 2.43. The van der Waals surface area contributed by atoms with Gasteiger partial charge in [0, 0.05) is 37.8 Å². The minimum Gasteiger partial charge on any atom is -0.341 e. The Morgan fingerprint density at radius 3 is 1.88 bits per heavy atom. The predicted molar refractivity (Wildman–Crippen MR) is 242 cm³/mol. The quantitative estimate of drug-likeness (QED) is 0.0777. The van der Waals surface area contributed by atoms with Crippen LogP contribution in [0.4, 0.5) is 10.5 Å². The molecule has 0 saturated carbocycles. The number of aromatic nitrogens is 6. The summed E-state index contributed by atoms with van der Waals surface area (Å²) in [6.45, 7) is 5.71. The number of nitrogens with one attached hydrogen (secondary N) is 1. The molecular weight excluding hydrogens is 741 g/mol. The van der Waals surface area contributed by atoms with E-state index < -0.39 is 5.54 Å². The summed E-state index contributed by atoms with van der Waals surface area (Å²) in [6.07, 6.45) is 6.12. The number of tetrazole rings is 1. The molecule has 2 aromatic heterocycles. The molecule has 0 aliphatic rings. The van der Waals surface area contributed by atoms with E-state index in [-0.39, 0.29) is 6.03 Å². The van der Waals surface area contributed by atoms with Crippen LogP contribution < -0.4 is 10.2 Å². The molecule has 0 aliphatic carbocycles. The average Bonchev–Trinajstić information content (AvgIpc) is 3.93. The van der Waals surface area contributed by atoms with Gasteiger partial charge in [-0.3, -0.25) is 4.90 Å². The first kappa shape index (κ1) is 39.9. The maximum atomic E-state index is 13.1. The standard InChI is InChI=1S/C51H52N8O/c1-4-6-19-35-57(50(60)52-3)43-33-34-46-47(36-43)58(48(53-46)28-7-5-2)37-38-29-31-39(32-30-38)44-26-17-18-27-45(44)49-54-55-56-59(49)51(40-20-11-8-12-21-40,41-22-13-9-14-23-41)42-24-15-10-16-25-42/h8-18,20-27,29-34,36H,4-7,19,28,35,37H2,1-3H3,(H,52,60). The summed E-state index contributed by atoms with van der Waals surface area (Å²) < 4.78 is 4.32. The molecule has 6 aromatic carbocycles. The Labute approximate surface area is 352 Å². The van der Waals surface area contributed by atoms with Gasteiger partial charge in [-0.05, 0) is 74.8 Å². The molecule has 0 atom stereocenters. The fourth-order valence-corrected chi connectivity index (χ4v) is 8.42. The largest absolute Gasteiger partial charge is 0.341 e. The molecule has 0 fully saturated rings. The lowest BCUT2D eigenvalue weighted by molar-refractivity contribution is 0.248. The normalized spacial score (nSPS) is 11.5. The molecule has 1 N–H and O–H groups in total. The van der Waals surface area contributed by atoms with Gasteiger partial charge >= 0.3 is 6.03 Å². The fraction of sp³-hybridized carbons (Fsp3) is 0.235. The Balaban J connectivity index is 1.18. The van der Waals surface area contributed by atoms with Gasteiger partial charge in [0.1, 0.15) is 11.4 Å². The van der Waals surface area contributed by atoms with Crippen molar-refractivity contribution in [3.8, 4) is 22.5 Å². The molecular formula is C51H52N8O. The number of nitrogens with zero attached hydrogens (tertiary/aromatic N) is 7. The lowest BCUT2D eigenvalue weighted by Crippen LogP contribution is -2.39. The summed E-state index contributed by atoms with van der Waals surface area (Å²) in [6, 6.07) is 54.7. The third-order valence-electron chi connectivity index (χ3n) is 11.5. The molecule has 0 unspecified atom stereocenters. The maximum Gasteiger partial charge on any atom is 0.321 e. The smallest absolute Gasteiger partial charge is 0.321 e. The summed E-state index contributed by atoms with van der Waals surface area (Å²) in [4.78, 5) is 20.0. The summed E-state index contributed by atoms with van der Waals surface area (Å²) in [7, 11) is 1.69. The molecule has 8 aromatic rings. The number of benzene rings is 6. The Morgan fingerprint density at radius 1 is 0.683 bits per heavy atom. The van der Waals surface area contributed by atoms with Gasteiger partial charge in [-0.2, -0.15) is 0 Å². The minimum absolute atomic E-state index is 0.0986. The van der Waals surface area contributed by atoms with E-state index in [0.29, 0.717) is 18.9 Å². The first-order valence-corrected chi connectivity index (χ1v) is 21.2. The molecule has 302 valence electrons. The van der Waals surface area contributed by atoms with E-state index in [1.165, 1.54) is 0 Å². The number of fused-ring (bicyclic) bond motifs is 1. The number of aryl methyl sites for hydroxylation is 1. The van der Waals surface area contributed by atoms with Crippen LogP contribution in [-0.4, -0.2) is 49.4 Å². The second kappa shape index (κ2) is 18.4. The number of urea groups is 1. The molecule has 2 amide bonds. The summed E-state index contributed by atoms with van der Waals surface area (Å²) in [5.41, 5.74) is 9.31. The van der Waals surface area contributed by atoms with E-state index in [1.807, 2.05) is 39.9 Å². The van der Waals surface area contributed by atoms with Gasteiger partial charge in [-0.15, -0.1) is 5.10 Å². The van der Waals surface area contributed by atoms with Gasteiger partial charge in [0.15, 0.2) is 5.82 Å². The second-order valence-corrected chi connectivity index (χ2v) is 15.3. The molecule has 0 radical (unpaired) electrons. The first-order chi connectivity index (χ1) is 29.6. The molecule has 0 saturated heterocycles. The van der Waals surface area contributed by atoms with Gasteiger partial charge < -0.3 is 9.88 Å². The molecule has 0 bridgehead atoms. The zero-order valence-electron chi connectivity index (χ0n) is 34.7.